The molecule has 0 spiro atoms. The van der Waals surface area contributed by atoms with Crippen molar-refractivity contribution in [1.29, 1.82) is 0 Å². The molecule has 8 heteroatoms. The largest absolute Gasteiger partial charge is 0.507 e. The van der Waals surface area contributed by atoms with Gasteiger partial charge in [0.25, 0.3) is 5.91 Å². The number of aromatic hydroxyl groups is 1. The molecule has 0 bridgehead atoms. The van der Waals surface area contributed by atoms with Crippen LogP contribution in [0.1, 0.15) is 28.5 Å². The first-order valence-corrected chi connectivity index (χ1v) is 8.14. The number of phenolic OH excluding ortho intramolecular Hbond substituents is 1. The molecule has 3 aromatic rings. The summed E-state index contributed by atoms with van der Waals surface area (Å²) in [6, 6.07) is 10.9. The zero-order chi connectivity index (χ0) is 19.6. The van der Waals surface area contributed by atoms with Gasteiger partial charge in [-0.25, -0.2) is 0 Å². The van der Waals surface area contributed by atoms with E-state index in [1.807, 2.05) is 6.92 Å². The maximum Gasteiger partial charge on any atom is 0.416 e. The summed E-state index contributed by atoms with van der Waals surface area (Å²) in [6.45, 7) is 1.97. The van der Waals surface area contributed by atoms with Gasteiger partial charge in [0.05, 0.1) is 11.3 Å². The predicted octanol–water partition coefficient (Wildman–Crippen LogP) is 4.62. The maximum absolute atomic E-state index is 12.8. The van der Waals surface area contributed by atoms with Gasteiger partial charge in [-0.15, -0.1) is 0 Å². The lowest BCUT2D eigenvalue weighted by Gasteiger charge is -2.09. The Balaban J connectivity index is 1.82. The van der Waals surface area contributed by atoms with E-state index in [9.17, 15) is 23.1 Å². The highest BCUT2D eigenvalue weighted by Gasteiger charge is 2.30. The third-order valence-electron chi connectivity index (χ3n) is 4.02. The van der Waals surface area contributed by atoms with Gasteiger partial charge in [-0.2, -0.15) is 18.3 Å². The molecule has 140 valence electrons. The molecule has 1 amide bonds. The fourth-order valence-corrected chi connectivity index (χ4v) is 2.56. The maximum atomic E-state index is 12.8. The molecule has 1 heterocycles. The van der Waals surface area contributed by atoms with Crippen LogP contribution in [0.4, 0.5) is 18.9 Å². The zero-order valence-electron chi connectivity index (χ0n) is 14.3. The van der Waals surface area contributed by atoms with Crippen LogP contribution in [0.2, 0.25) is 0 Å². The van der Waals surface area contributed by atoms with Crippen LogP contribution >= 0.6 is 0 Å². The van der Waals surface area contributed by atoms with E-state index in [1.54, 1.807) is 18.2 Å². The number of rotatable bonds is 4. The number of hydrogen-bond acceptors (Lipinski definition) is 3. The summed E-state index contributed by atoms with van der Waals surface area (Å²) in [4.78, 5) is 12.3. The van der Waals surface area contributed by atoms with Crippen LogP contribution < -0.4 is 5.32 Å². The van der Waals surface area contributed by atoms with Crippen molar-refractivity contribution in [3.63, 3.8) is 0 Å². The Labute approximate surface area is 152 Å². The van der Waals surface area contributed by atoms with Gasteiger partial charge >= 0.3 is 6.18 Å². The summed E-state index contributed by atoms with van der Waals surface area (Å²) < 4.78 is 38.3. The second-order valence-electron chi connectivity index (χ2n) is 5.90. The summed E-state index contributed by atoms with van der Waals surface area (Å²) in [7, 11) is 0. The third-order valence-corrected chi connectivity index (χ3v) is 4.02. The molecule has 0 saturated carbocycles. The van der Waals surface area contributed by atoms with Crippen molar-refractivity contribution in [2.75, 3.05) is 5.32 Å². The Morgan fingerprint density at radius 3 is 2.67 bits per heavy atom. The van der Waals surface area contributed by atoms with E-state index >= 15 is 0 Å². The zero-order valence-corrected chi connectivity index (χ0v) is 14.3. The van der Waals surface area contributed by atoms with E-state index in [4.69, 9.17) is 0 Å². The van der Waals surface area contributed by atoms with Gasteiger partial charge in [0.2, 0.25) is 0 Å². The highest BCUT2D eigenvalue weighted by molar-refractivity contribution is 6.03. The van der Waals surface area contributed by atoms with E-state index in [1.165, 1.54) is 18.2 Å². The summed E-state index contributed by atoms with van der Waals surface area (Å²) in [5.41, 5.74) is 1.03. The molecule has 0 fully saturated rings. The van der Waals surface area contributed by atoms with Crippen LogP contribution in [-0.4, -0.2) is 21.2 Å². The highest BCUT2D eigenvalue weighted by Crippen LogP contribution is 2.31. The Morgan fingerprint density at radius 1 is 1.19 bits per heavy atom. The highest BCUT2D eigenvalue weighted by atomic mass is 19.4. The van der Waals surface area contributed by atoms with Gasteiger partial charge < -0.3 is 10.4 Å². The van der Waals surface area contributed by atoms with Crippen molar-refractivity contribution in [1.82, 2.24) is 10.2 Å². The van der Waals surface area contributed by atoms with Gasteiger partial charge in [0, 0.05) is 11.3 Å². The SMILES string of the molecule is CCc1ccc(O)c(-c2cc(C(=O)Nc3cccc(C(F)(F)F)c3)[nH]n2)c1. The number of amides is 1. The first-order valence-electron chi connectivity index (χ1n) is 8.14. The third kappa shape index (κ3) is 4.11. The summed E-state index contributed by atoms with van der Waals surface area (Å²) in [5.74, 6) is -0.622. The first kappa shape index (κ1) is 18.5. The molecule has 0 aliphatic rings. The average molecular weight is 375 g/mol. The number of carbonyl (C=O) groups is 1. The lowest BCUT2D eigenvalue weighted by molar-refractivity contribution is -0.137. The number of alkyl halides is 3. The number of carbonyl (C=O) groups excluding carboxylic acids is 1. The summed E-state index contributed by atoms with van der Waals surface area (Å²) in [6.07, 6.45) is -3.73. The predicted molar refractivity (Wildman–Crippen MR) is 94.5 cm³/mol. The minimum absolute atomic E-state index is 0.0156. The number of H-pyrrole nitrogens is 1. The van der Waals surface area contributed by atoms with Crippen molar-refractivity contribution in [3.8, 4) is 17.0 Å². The van der Waals surface area contributed by atoms with E-state index in [0.717, 1.165) is 24.1 Å². The lowest BCUT2D eigenvalue weighted by atomic mass is 10.1. The van der Waals surface area contributed by atoms with E-state index in [2.05, 4.69) is 15.5 Å². The van der Waals surface area contributed by atoms with Crippen LogP contribution in [0.25, 0.3) is 11.3 Å². The molecule has 3 rings (SSSR count). The van der Waals surface area contributed by atoms with Crippen LogP contribution in [0.3, 0.4) is 0 Å². The average Bonchev–Trinajstić information content (AvgIpc) is 3.12. The fraction of sp³-hybridized carbons (Fsp3) is 0.158. The molecule has 0 radical (unpaired) electrons. The minimum Gasteiger partial charge on any atom is -0.507 e. The second-order valence-corrected chi connectivity index (χ2v) is 5.90. The van der Waals surface area contributed by atoms with Crippen molar-refractivity contribution in [2.45, 2.75) is 19.5 Å². The number of aromatic amines is 1. The number of nitrogens with zero attached hydrogens (tertiary/aromatic N) is 1. The van der Waals surface area contributed by atoms with Crippen molar-refractivity contribution in [2.24, 2.45) is 0 Å². The molecular formula is C19H16F3N3O2. The topological polar surface area (TPSA) is 78.0 Å². The summed E-state index contributed by atoms with van der Waals surface area (Å²) in [5, 5.41) is 19.0. The first-order chi connectivity index (χ1) is 12.8. The monoisotopic (exact) mass is 375 g/mol. The standard InChI is InChI=1S/C19H16F3N3O2/c1-2-11-6-7-17(26)14(8-11)15-10-16(25-24-15)18(27)23-13-5-3-4-12(9-13)19(20,21)22/h3-10,26H,2H2,1H3,(H,23,27)(H,24,25). The van der Waals surface area contributed by atoms with Crippen LogP contribution in [0, 0.1) is 0 Å². The number of aromatic nitrogens is 2. The number of aryl methyl sites for hydroxylation is 1. The van der Waals surface area contributed by atoms with Crippen molar-refractivity contribution < 1.29 is 23.1 Å². The lowest BCUT2D eigenvalue weighted by Crippen LogP contribution is -2.13. The van der Waals surface area contributed by atoms with Gasteiger partial charge in [0.1, 0.15) is 11.4 Å². The van der Waals surface area contributed by atoms with Crippen LogP contribution in [-0.2, 0) is 12.6 Å². The number of phenols is 1. The molecule has 3 N–H and O–H groups in total. The number of benzene rings is 2. The Morgan fingerprint density at radius 2 is 1.96 bits per heavy atom. The Bertz CT molecular complexity index is 980. The molecule has 0 unspecified atom stereocenters. The fourth-order valence-electron chi connectivity index (χ4n) is 2.56. The van der Waals surface area contributed by atoms with Gasteiger partial charge in [-0.05, 0) is 48.4 Å². The molecule has 1 aromatic heterocycles. The quantitative estimate of drug-likeness (QED) is 0.623. The van der Waals surface area contributed by atoms with Gasteiger partial charge in [0.15, 0.2) is 0 Å². The van der Waals surface area contributed by atoms with Gasteiger partial charge in [-0.1, -0.05) is 19.1 Å². The van der Waals surface area contributed by atoms with Crippen LogP contribution in [0.5, 0.6) is 5.75 Å². The molecule has 27 heavy (non-hydrogen) atoms. The number of hydrogen-bond donors (Lipinski definition) is 3. The van der Waals surface area contributed by atoms with Crippen LogP contribution in [0.15, 0.2) is 48.5 Å². The number of anilines is 1. The molecule has 0 atom stereocenters. The van der Waals surface area contributed by atoms with Crippen molar-refractivity contribution in [3.05, 3.63) is 65.4 Å². The molecule has 5 nitrogen and oxygen atoms in total. The van der Waals surface area contributed by atoms with E-state index in [0.29, 0.717) is 11.3 Å². The molecule has 0 aliphatic heterocycles. The summed E-state index contributed by atoms with van der Waals surface area (Å²) >= 11 is 0. The molecule has 0 saturated heterocycles. The van der Waals surface area contributed by atoms with Crippen molar-refractivity contribution >= 4 is 11.6 Å². The van der Waals surface area contributed by atoms with E-state index in [-0.39, 0.29) is 17.1 Å². The van der Waals surface area contributed by atoms with Gasteiger partial charge in [-0.3, -0.25) is 9.89 Å². The Hall–Kier alpha value is -3.29. The Kier molecular flexibility index (Phi) is 4.89. The molecule has 2 aromatic carbocycles. The minimum atomic E-state index is -4.50. The second kappa shape index (κ2) is 7.14. The molecular weight excluding hydrogens is 359 g/mol. The smallest absolute Gasteiger partial charge is 0.416 e. The molecule has 0 aliphatic carbocycles. The number of halogens is 3. The van der Waals surface area contributed by atoms with E-state index < -0.39 is 17.6 Å². The normalized spacial score (nSPS) is 11.4. The number of nitrogens with one attached hydrogen (secondary N) is 2.